The van der Waals surface area contributed by atoms with Gasteiger partial charge in [0.1, 0.15) is 0 Å². The van der Waals surface area contributed by atoms with Crippen molar-refractivity contribution in [1.29, 1.82) is 0 Å². The molecule has 3 N–H and O–H groups in total. The molecule has 0 bridgehead atoms. The number of nitro benzene ring substituents is 1. The number of hydrogen-bond donors (Lipinski definition) is 3. The van der Waals surface area contributed by atoms with Gasteiger partial charge in [-0.25, -0.2) is 0 Å². The minimum atomic E-state index is -2.92. The maximum Gasteiger partial charge on any atom is 0.745 e. The number of aromatic nitrogens is 1. The summed E-state index contributed by atoms with van der Waals surface area (Å²) in [6.07, 6.45) is 3.91. The second-order valence-corrected chi connectivity index (χ2v) is 8.19. The summed E-state index contributed by atoms with van der Waals surface area (Å²) in [6, 6.07) is 6.96. The van der Waals surface area contributed by atoms with Gasteiger partial charge in [-0.2, -0.15) is 0 Å². The van der Waals surface area contributed by atoms with Gasteiger partial charge in [0.05, 0.1) is 10.4 Å². The lowest BCUT2D eigenvalue weighted by Crippen LogP contribution is -2.25. The van der Waals surface area contributed by atoms with Crippen LogP contribution in [0.25, 0.3) is 10.9 Å². The fraction of sp³-hybridized carbons (Fsp3) is 0.500. The van der Waals surface area contributed by atoms with E-state index in [2.05, 4.69) is 40.3 Å². The van der Waals surface area contributed by atoms with Gasteiger partial charge < -0.3 is 10.2 Å². The van der Waals surface area contributed by atoms with Gasteiger partial charge in [0, 0.05) is 44.6 Å². The second-order valence-electron chi connectivity index (χ2n) is 6.59. The molecule has 0 saturated carbocycles. The summed E-state index contributed by atoms with van der Waals surface area (Å²) in [4.78, 5) is 32.7. The van der Waals surface area contributed by atoms with Crippen molar-refractivity contribution in [2.75, 3.05) is 25.0 Å². The molecule has 11 nitrogen and oxygen atoms in total. The third-order valence-corrected chi connectivity index (χ3v) is 5.60. The third kappa shape index (κ3) is 10.1. The first kappa shape index (κ1) is 26.9. The molecular weight excluding hydrogens is 446 g/mol. The number of rotatable bonds is 11. The molecule has 0 amide bonds. The van der Waals surface area contributed by atoms with Crippen LogP contribution in [0.5, 0.6) is 0 Å². The molecule has 13 heteroatoms. The average molecular weight is 474 g/mol. The zero-order chi connectivity index (χ0) is 23.4. The van der Waals surface area contributed by atoms with Crippen LogP contribution < -0.4 is 5.32 Å². The van der Waals surface area contributed by atoms with Crippen LogP contribution in [-0.2, 0) is 13.4 Å². The predicted molar refractivity (Wildman–Crippen MR) is 119 cm³/mol. The van der Waals surface area contributed by atoms with Gasteiger partial charge in [-0.15, -0.1) is 9.79 Å². The largest absolute Gasteiger partial charge is 0.745 e. The molecular formula is C18H28N4O7P2+2. The van der Waals surface area contributed by atoms with Crippen LogP contribution in [0.2, 0.25) is 0 Å². The average Bonchev–Trinajstić information content (AvgIpc) is 2.70. The lowest BCUT2D eigenvalue weighted by atomic mass is 10.1. The number of nitrogens with one attached hydrogen (secondary N) is 1. The smallest absolute Gasteiger partial charge is 0.382 e. The van der Waals surface area contributed by atoms with Crippen LogP contribution in [0.1, 0.15) is 33.6 Å². The predicted octanol–water partition coefficient (Wildman–Crippen LogP) is 4.37. The zero-order valence-electron chi connectivity index (χ0n) is 17.7. The maximum atomic E-state index is 11.0. The SMILES string of the molecule is CCN(CC)CCCC(C)Nc1ccnc2ccc([N+](=O)[O-])cc12.O=[P+](O)O[P+](=O)O. The van der Waals surface area contributed by atoms with E-state index >= 15 is 0 Å². The Hall–Kier alpha value is -2.13. The Morgan fingerprint density at radius 2 is 1.87 bits per heavy atom. The fourth-order valence-corrected chi connectivity index (χ4v) is 3.41. The number of hydrogen-bond acceptors (Lipinski definition) is 8. The monoisotopic (exact) mass is 474 g/mol. The van der Waals surface area contributed by atoms with Crippen LogP contribution in [0, 0.1) is 10.1 Å². The molecule has 0 aliphatic heterocycles. The zero-order valence-corrected chi connectivity index (χ0v) is 19.5. The Morgan fingerprint density at radius 3 is 2.39 bits per heavy atom. The van der Waals surface area contributed by atoms with Gasteiger partial charge >= 0.3 is 16.5 Å². The van der Waals surface area contributed by atoms with Gasteiger partial charge in [0.15, 0.2) is 4.31 Å². The number of non-ortho nitro benzene ring substituents is 1. The van der Waals surface area contributed by atoms with Crippen molar-refractivity contribution in [1.82, 2.24) is 9.88 Å². The number of nitrogens with zero attached hydrogens (tertiary/aromatic N) is 3. The van der Waals surface area contributed by atoms with E-state index in [1.807, 2.05) is 6.07 Å². The summed E-state index contributed by atoms with van der Waals surface area (Å²) in [5.74, 6) is 0. The van der Waals surface area contributed by atoms with E-state index in [1.165, 1.54) is 6.07 Å². The molecule has 0 radical (unpaired) electrons. The second kappa shape index (κ2) is 14.0. The van der Waals surface area contributed by atoms with Crippen molar-refractivity contribution in [3.63, 3.8) is 0 Å². The molecule has 1 aromatic carbocycles. The van der Waals surface area contributed by atoms with E-state index in [4.69, 9.17) is 9.79 Å². The van der Waals surface area contributed by atoms with Gasteiger partial charge in [0.25, 0.3) is 5.69 Å². The number of anilines is 1. The van der Waals surface area contributed by atoms with E-state index in [1.54, 1.807) is 18.3 Å². The summed E-state index contributed by atoms with van der Waals surface area (Å²) >= 11 is 0. The third-order valence-electron chi connectivity index (χ3n) is 4.48. The van der Waals surface area contributed by atoms with Gasteiger partial charge in [-0.3, -0.25) is 15.1 Å². The highest BCUT2D eigenvalue weighted by molar-refractivity contribution is 7.46. The van der Waals surface area contributed by atoms with Gasteiger partial charge in [-0.1, -0.05) is 13.8 Å². The molecule has 2 rings (SSSR count). The molecule has 3 atom stereocenters. The van der Waals surface area contributed by atoms with Crippen LogP contribution >= 0.6 is 16.5 Å². The Labute approximate surface area is 182 Å². The molecule has 0 aliphatic rings. The molecule has 0 spiro atoms. The standard InChI is InChI=1S/C18H26N4O2.O5P2/c1-4-21(5-2)12-6-7-14(3)20-18-10-11-19-17-9-8-15(22(23)24)13-16(17)18;1-6(2)5-7(3)4/h8-11,13-14H,4-7,12H2,1-3H3,(H,19,20);/p+2. The first-order chi connectivity index (χ1) is 14.7. The lowest BCUT2D eigenvalue weighted by Gasteiger charge is -2.20. The molecule has 0 fully saturated rings. The summed E-state index contributed by atoms with van der Waals surface area (Å²) < 4.78 is 22.2. The summed E-state index contributed by atoms with van der Waals surface area (Å²) in [5, 5.41) is 15.3. The highest BCUT2D eigenvalue weighted by atomic mass is 31.2. The lowest BCUT2D eigenvalue weighted by molar-refractivity contribution is -0.384. The fourth-order valence-electron chi connectivity index (χ4n) is 2.93. The first-order valence-electron chi connectivity index (χ1n) is 9.70. The van der Waals surface area contributed by atoms with E-state index in [0.717, 1.165) is 49.1 Å². The molecule has 3 unspecified atom stereocenters. The Morgan fingerprint density at radius 1 is 1.23 bits per heavy atom. The number of fused-ring (bicyclic) bond motifs is 1. The topological polar surface area (TPSA) is 155 Å². The number of nitro groups is 1. The number of pyridine rings is 1. The van der Waals surface area contributed by atoms with E-state index < -0.39 is 16.5 Å². The van der Waals surface area contributed by atoms with Crippen molar-refractivity contribution in [2.45, 2.75) is 39.7 Å². The highest BCUT2D eigenvalue weighted by Gasteiger charge is 2.31. The van der Waals surface area contributed by atoms with Crippen molar-refractivity contribution in [2.24, 2.45) is 0 Å². The van der Waals surface area contributed by atoms with Crippen molar-refractivity contribution < 1.29 is 28.2 Å². The molecule has 1 aromatic heterocycles. The van der Waals surface area contributed by atoms with Crippen molar-refractivity contribution >= 4 is 38.8 Å². The van der Waals surface area contributed by atoms with Crippen LogP contribution in [0.15, 0.2) is 30.5 Å². The molecule has 31 heavy (non-hydrogen) atoms. The normalized spacial score (nSPS) is 12.7. The maximum absolute atomic E-state index is 11.0. The minimum absolute atomic E-state index is 0.0905. The quantitative estimate of drug-likeness (QED) is 0.243. The van der Waals surface area contributed by atoms with Gasteiger partial charge in [0.2, 0.25) is 0 Å². The van der Waals surface area contributed by atoms with E-state index in [0.29, 0.717) is 6.04 Å². The highest BCUT2D eigenvalue weighted by Crippen LogP contribution is 2.30. The minimum Gasteiger partial charge on any atom is -0.382 e. The Bertz CT molecular complexity index is 884. The van der Waals surface area contributed by atoms with Gasteiger partial charge in [-0.05, 0) is 51.5 Å². The van der Waals surface area contributed by atoms with Crippen molar-refractivity contribution in [3.05, 3.63) is 40.6 Å². The van der Waals surface area contributed by atoms with E-state index in [9.17, 15) is 19.2 Å². The Balaban J connectivity index is 0.000000592. The molecule has 0 aliphatic carbocycles. The summed E-state index contributed by atoms with van der Waals surface area (Å²) in [5.41, 5.74) is 1.76. The number of benzene rings is 1. The van der Waals surface area contributed by atoms with E-state index in [-0.39, 0.29) is 10.6 Å². The summed E-state index contributed by atoms with van der Waals surface area (Å²) in [7, 11) is -5.85. The van der Waals surface area contributed by atoms with Crippen molar-refractivity contribution in [3.8, 4) is 0 Å². The van der Waals surface area contributed by atoms with Crippen LogP contribution in [0.3, 0.4) is 0 Å². The Kier molecular flexibility index (Phi) is 12.2. The molecule has 2 aromatic rings. The molecule has 170 valence electrons. The molecule has 1 heterocycles. The van der Waals surface area contributed by atoms with Crippen LogP contribution in [0.4, 0.5) is 11.4 Å². The summed E-state index contributed by atoms with van der Waals surface area (Å²) in [6.45, 7) is 9.77. The first-order valence-corrected chi connectivity index (χ1v) is 12.0. The van der Waals surface area contributed by atoms with Crippen LogP contribution in [-0.4, -0.2) is 50.3 Å². The molecule has 0 saturated heterocycles.